The van der Waals surface area contributed by atoms with Crippen LogP contribution in [0.15, 0.2) is 4.99 Å². The summed E-state index contributed by atoms with van der Waals surface area (Å²) >= 11 is 0. The van der Waals surface area contributed by atoms with Crippen LogP contribution in [0.4, 0.5) is 0 Å². The second kappa shape index (κ2) is 10.1. The van der Waals surface area contributed by atoms with E-state index in [0.717, 1.165) is 25.5 Å². The van der Waals surface area contributed by atoms with E-state index < -0.39 is 14.6 Å². The van der Waals surface area contributed by atoms with Crippen LogP contribution in [0.3, 0.4) is 0 Å². The third kappa shape index (κ3) is 5.72. The van der Waals surface area contributed by atoms with Crippen LogP contribution in [-0.4, -0.2) is 56.7 Å². The fourth-order valence-corrected chi connectivity index (χ4v) is 5.10. The lowest BCUT2D eigenvalue weighted by molar-refractivity contribution is -0.125. The summed E-state index contributed by atoms with van der Waals surface area (Å²) < 4.78 is 29.8. The van der Waals surface area contributed by atoms with E-state index in [1.165, 1.54) is 25.7 Å². The largest absolute Gasteiger partial charge is 0.378 e. The molecule has 0 aromatic rings. The van der Waals surface area contributed by atoms with Crippen LogP contribution in [0.25, 0.3) is 0 Å². The summed E-state index contributed by atoms with van der Waals surface area (Å²) in [7, 11) is -3.15. The molecule has 1 spiro atoms. The van der Waals surface area contributed by atoms with Crippen LogP contribution in [0.1, 0.15) is 66.7 Å². The highest BCUT2D eigenvalue weighted by molar-refractivity contribution is 14.0. The predicted molar refractivity (Wildman–Crippen MR) is 123 cm³/mol. The molecule has 8 heteroatoms. The topological polar surface area (TPSA) is 79.8 Å². The summed E-state index contributed by atoms with van der Waals surface area (Å²) in [5.74, 6) is 0.799. The van der Waals surface area contributed by atoms with E-state index in [4.69, 9.17) is 4.74 Å². The number of guanidine groups is 1. The van der Waals surface area contributed by atoms with Gasteiger partial charge in [-0.25, -0.2) is 8.42 Å². The van der Waals surface area contributed by atoms with Crippen LogP contribution in [0, 0.1) is 5.41 Å². The highest BCUT2D eigenvalue weighted by Gasteiger charge is 2.56. The number of ether oxygens (including phenoxy) is 1. The first-order valence-corrected chi connectivity index (χ1v) is 11.7. The van der Waals surface area contributed by atoms with Gasteiger partial charge in [0.15, 0.2) is 15.8 Å². The number of aliphatic imine (C=N–C) groups is 1. The van der Waals surface area contributed by atoms with Gasteiger partial charge in [-0.3, -0.25) is 4.99 Å². The molecule has 0 aliphatic heterocycles. The molecule has 0 aromatic heterocycles. The molecule has 0 bridgehead atoms. The van der Waals surface area contributed by atoms with Crippen LogP contribution < -0.4 is 10.6 Å². The van der Waals surface area contributed by atoms with Crippen molar-refractivity contribution in [3.63, 3.8) is 0 Å². The van der Waals surface area contributed by atoms with Gasteiger partial charge in [0.05, 0.1) is 23.1 Å². The fourth-order valence-electron chi connectivity index (χ4n) is 4.16. The summed E-state index contributed by atoms with van der Waals surface area (Å²) in [5, 5.41) is 6.83. The Morgan fingerprint density at radius 1 is 1.22 bits per heavy atom. The van der Waals surface area contributed by atoms with Crippen molar-refractivity contribution in [2.75, 3.05) is 25.4 Å². The average molecular weight is 516 g/mol. The van der Waals surface area contributed by atoms with E-state index in [2.05, 4.69) is 22.5 Å². The second-order valence-corrected chi connectivity index (χ2v) is 11.4. The molecule has 2 N–H and O–H groups in total. The van der Waals surface area contributed by atoms with Gasteiger partial charge in [0.25, 0.3) is 0 Å². The number of rotatable bonds is 7. The smallest absolute Gasteiger partial charge is 0.191 e. The lowest BCUT2D eigenvalue weighted by Gasteiger charge is -2.54. The SMILES string of the molecule is CCNC(=NCCS(=O)(=O)C(C)(C)C)NC1CC(OCC)C12CCCC2.I. The van der Waals surface area contributed by atoms with Crippen molar-refractivity contribution in [2.45, 2.75) is 83.6 Å². The maximum Gasteiger partial charge on any atom is 0.191 e. The minimum atomic E-state index is -3.15. The molecule has 0 saturated heterocycles. The summed E-state index contributed by atoms with van der Waals surface area (Å²) in [6.45, 7) is 11.1. The first kappa shape index (κ1) is 24.9. The Kier molecular flexibility index (Phi) is 9.33. The number of hydrogen-bond donors (Lipinski definition) is 2. The van der Waals surface area contributed by atoms with E-state index >= 15 is 0 Å². The molecule has 2 fully saturated rings. The van der Waals surface area contributed by atoms with Gasteiger partial charge in [-0.05, 0) is 53.9 Å². The molecule has 0 aromatic carbocycles. The van der Waals surface area contributed by atoms with Gasteiger partial charge in [-0.1, -0.05) is 12.8 Å². The average Bonchev–Trinajstić information content (AvgIpc) is 3.05. The fraction of sp³-hybridized carbons (Fsp3) is 0.947. The van der Waals surface area contributed by atoms with Gasteiger partial charge in [0, 0.05) is 24.6 Å². The molecular formula is C19H38IN3O3S. The summed E-state index contributed by atoms with van der Waals surface area (Å²) in [5.41, 5.74) is 0.226. The minimum Gasteiger partial charge on any atom is -0.378 e. The zero-order chi connectivity index (χ0) is 19.4. The molecule has 2 rings (SSSR count). The molecule has 0 amide bonds. The van der Waals surface area contributed by atoms with Crippen LogP contribution in [-0.2, 0) is 14.6 Å². The Labute approximate surface area is 182 Å². The van der Waals surface area contributed by atoms with E-state index in [-0.39, 0.29) is 41.7 Å². The summed E-state index contributed by atoms with van der Waals surface area (Å²) in [4.78, 5) is 4.53. The number of sulfone groups is 1. The van der Waals surface area contributed by atoms with E-state index in [1.54, 1.807) is 20.8 Å². The number of halogens is 1. The van der Waals surface area contributed by atoms with Crippen molar-refractivity contribution >= 4 is 39.8 Å². The zero-order valence-corrected chi connectivity index (χ0v) is 20.7. The van der Waals surface area contributed by atoms with Crippen molar-refractivity contribution in [1.82, 2.24) is 10.6 Å². The molecule has 2 aliphatic carbocycles. The van der Waals surface area contributed by atoms with Crippen molar-refractivity contribution in [3.05, 3.63) is 0 Å². The van der Waals surface area contributed by atoms with Crippen LogP contribution in [0.2, 0.25) is 0 Å². The van der Waals surface area contributed by atoms with Gasteiger partial charge in [-0.2, -0.15) is 0 Å². The Hall–Kier alpha value is -0.0900. The standard InChI is InChI=1S/C19H37N3O3S.HI/c1-6-20-17(21-12-13-26(23,24)18(3,4)5)22-15-14-16(25-7-2)19(15)10-8-9-11-19;/h15-16H,6-14H2,1-5H3,(H2,20,21,22);1H. The summed E-state index contributed by atoms with van der Waals surface area (Å²) in [6, 6.07) is 0.360. The Morgan fingerprint density at radius 3 is 2.37 bits per heavy atom. The molecule has 160 valence electrons. The lowest BCUT2D eigenvalue weighted by Crippen LogP contribution is -2.65. The monoisotopic (exact) mass is 515 g/mol. The number of hydrogen-bond acceptors (Lipinski definition) is 4. The third-order valence-electron chi connectivity index (χ3n) is 5.91. The molecule has 6 nitrogen and oxygen atoms in total. The Bertz CT molecular complexity index is 596. The molecular weight excluding hydrogens is 477 g/mol. The maximum atomic E-state index is 12.3. The van der Waals surface area contributed by atoms with E-state index in [9.17, 15) is 8.42 Å². The second-order valence-electron chi connectivity index (χ2n) is 8.51. The molecule has 2 aliphatic rings. The van der Waals surface area contributed by atoms with E-state index in [1.807, 2.05) is 6.92 Å². The highest BCUT2D eigenvalue weighted by atomic mass is 127. The lowest BCUT2D eigenvalue weighted by atomic mass is 9.60. The van der Waals surface area contributed by atoms with Gasteiger partial charge in [0.1, 0.15) is 0 Å². The molecule has 2 unspecified atom stereocenters. The van der Waals surface area contributed by atoms with Crippen LogP contribution >= 0.6 is 24.0 Å². The molecule has 2 saturated carbocycles. The molecule has 27 heavy (non-hydrogen) atoms. The first-order chi connectivity index (χ1) is 12.2. The Morgan fingerprint density at radius 2 is 1.85 bits per heavy atom. The number of nitrogens with zero attached hydrogens (tertiary/aromatic N) is 1. The Balaban J connectivity index is 0.00000364. The molecule has 0 heterocycles. The first-order valence-electron chi connectivity index (χ1n) is 10.0. The van der Waals surface area contributed by atoms with Crippen molar-refractivity contribution in [3.8, 4) is 0 Å². The van der Waals surface area contributed by atoms with Gasteiger partial charge in [0.2, 0.25) is 0 Å². The molecule has 0 radical (unpaired) electrons. The highest BCUT2D eigenvalue weighted by Crippen LogP contribution is 2.54. The van der Waals surface area contributed by atoms with Crippen molar-refractivity contribution in [2.24, 2.45) is 10.4 Å². The quantitative estimate of drug-likeness (QED) is 0.310. The number of nitrogens with one attached hydrogen (secondary N) is 2. The maximum absolute atomic E-state index is 12.3. The van der Waals surface area contributed by atoms with Crippen molar-refractivity contribution in [1.29, 1.82) is 0 Å². The van der Waals surface area contributed by atoms with Gasteiger partial charge >= 0.3 is 0 Å². The van der Waals surface area contributed by atoms with Gasteiger partial charge < -0.3 is 15.4 Å². The summed E-state index contributed by atoms with van der Waals surface area (Å²) in [6.07, 6.45) is 6.27. The third-order valence-corrected chi connectivity index (χ3v) is 8.49. The normalized spacial score (nSPS) is 25.0. The van der Waals surface area contributed by atoms with Crippen molar-refractivity contribution < 1.29 is 13.2 Å². The van der Waals surface area contributed by atoms with E-state index in [0.29, 0.717) is 12.1 Å². The van der Waals surface area contributed by atoms with Crippen LogP contribution in [0.5, 0.6) is 0 Å². The minimum absolute atomic E-state index is 0. The zero-order valence-electron chi connectivity index (χ0n) is 17.5. The molecule has 2 atom stereocenters. The van der Waals surface area contributed by atoms with Gasteiger partial charge in [-0.15, -0.1) is 24.0 Å². The predicted octanol–water partition coefficient (Wildman–Crippen LogP) is 3.11.